The molecule has 0 radical (unpaired) electrons. The Morgan fingerprint density at radius 2 is 2.00 bits per heavy atom. The predicted octanol–water partition coefficient (Wildman–Crippen LogP) is 3.55. The average molecular weight is 274 g/mol. The highest BCUT2D eigenvalue weighted by molar-refractivity contribution is 5.57. The molecule has 0 aliphatic rings. The van der Waals surface area contributed by atoms with Crippen LogP contribution in [0.2, 0.25) is 0 Å². The summed E-state index contributed by atoms with van der Waals surface area (Å²) in [5, 5.41) is 6.69. The Kier molecular flexibility index (Phi) is 4.61. The maximum atomic E-state index is 5.42. The quantitative estimate of drug-likeness (QED) is 0.843. The number of furan rings is 1. The van der Waals surface area contributed by atoms with Crippen molar-refractivity contribution in [2.24, 2.45) is 0 Å². The summed E-state index contributed by atoms with van der Waals surface area (Å²) >= 11 is 0. The third-order valence-corrected chi connectivity index (χ3v) is 3.18. The lowest BCUT2D eigenvalue weighted by molar-refractivity contribution is 0.490. The zero-order valence-corrected chi connectivity index (χ0v) is 12.5. The van der Waals surface area contributed by atoms with Crippen molar-refractivity contribution in [1.29, 1.82) is 0 Å². The standard InChI is InChI=1S/C15H22N4O/c1-5-13-18-14(16-6-2)10(3)15(19-13)17-11(4)12-8-7-9-20-12/h7-9,11H,5-6H2,1-4H3,(H2,16,17,18,19). The molecule has 0 fully saturated rings. The van der Waals surface area contributed by atoms with Crippen molar-refractivity contribution in [2.75, 3.05) is 17.2 Å². The number of aromatic nitrogens is 2. The summed E-state index contributed by atoms with van der Waals surface area (Å²) in [6, 6.07) is 3.92. The highest BCUT2D eigenvalue weighted by Gasteiger charge is 2.14. The van der Waals surface area contributed by atoms with Crippen LogP contribution in [0.25, 0.3) is 0 Å². The van der Waals surface area contributed by atoms with Gasteiger partial charge in [0.05, 0.1) is 12.3 Å². The van der Waals surface area contributed by atoms with Crippen molar-refractivity contribution in [3.05, 3.63) is 35.5 Å². The predicted molar refractivity (Wildman–Crippen MR) is 81.1 cm³/mol. The van der Waals surface area contributed by atoms with Gasteiger partial charge in [-0.15, -0.1) is 0 Å². The number of hydrogen-bond acceptors (Lipinski definition) is 5. The first kappa shape index (κ1) is 14.4. The Morgan fingerprint density at radius 1 is 1.25 bits per heavy atom. The fourth-order valence-corrected chi connectivity index (χ4v) is 2.02. The van der Waals surface area contributed by atoms with E-state index in [0.29, 0.717) is 0 Å². The van der Waals surface area contributed by atoms with E-state index in [1.54, 1.807) is 6.26 Å². The van der Waals surface area contributed by atoms with Gasteiger partial charge in [-0.25, -0.2) is 9.97 Å². The van der Waals surface area contributed by atoms with Crippen LogP contribution in [-0.4, -0.2) is 16.5 Å². The summed E-state index contributed by atoms with van der Waals surface area (Å²) in [5.41, 5.74) is 1.03. The number of rotatable bonds is 6. The Balaban J connectivity index is 2.28. The molecule has 2 heterocycles. The second-order valence-corrected chi connectivity index (χ2v) is 4.73. The Bertz CT molecular complexity index is 551. The molecule has 0 amide bonds. The molecule has 5 nitrogen and oxygen atoms in total. The van der Waals surface area contributed by atoms with E-state index < -0.39 is 0 Å². The lowest BCUT2D eigenvalue weighted by atomic mass is 10.2. The molecule has 1 atom stereocenters. The highest BCUT2D eigenvalue weighted by Crippen LogP contribution is 2.24. The van der Waals surface area contributed by atoms with Gasteiger partial charge in [0.1, 0.15) is 23.2 Å². The smallest absolute Gasteiger partial charge is 0.135 e. The van der Waals surface area contributed by atoms with Crippen LogP contribution in [0.15, 0.2) is 22.8 Å². The molecule has 5 heteroatoms. The summed E-state index contributed by atoms with van der Waals surface area (Å²) in [6.45, 7) is 9.04. The molecule has 0 saturated carbocycles. The molecule has 1 unspecified atom stereocenters. The third-order valence-electron chi connectivity index (χ3n) is 3.18. The molecule has 0 spiro atoms. The minimum atomic E-state index is 0.0674. The van der Waals surface area contributed by atoms with Crippen molar-refractivity contribution < 1.29 is 4.42 Å². The number of anilines is 2. The molecule has 2 N–H and O–H groups in total. The van der Waals surface area contributed by atoms with E-state index in [0.717, 1.165) is 41.7 Å². The van der Waals surface area contributed by atoms with Gasteiger partial charge >= 0.3 is 0 Å². The molecular weight excluding hydrogens is 252 g/mol. The molecule has 0 bridgehead atoms. The van der Waals surface area contributed by atoms with Gasteiger partial charge in [-0.1, -0.05) is 6.92 Å². The van der Waals surface area contributed by atoms with E-state index >= 15 is 0 Å². The minimum absolute atomic E-state index is 0.0674. The van der Waals surface area contributed by atoms with Crippen LogP contribution in [0.5, 0.6) is 0 Å². The molecule has 2 aromatic heterocycles. The van der Waals surface area contributed by atoms with E-state index in [-0.39, 0.29) is 6.04 Å². The number of hydrogen-bond donors (Lipinski definition) is 2. The van der Waals surface area contributed by atoms with Gasteiger partial charge in [0.2, 0.25) is 0 Å². The molecule has 0 aliphatic heterocycles. The first-order valence-electron chi connectivity index (χ1n) is 7.07. The van der Waals surface area contributed by atoms with Gasteiger partial charge in [-0.2, -0.15) is 0 Å². The van der Waals surface area contributed by atoms with Crippen LogP contribution < -0.4 is 10.6 Å². The summed E-state index contributed by atoms with van der Waals surface area (Å²) in [7, 11) is 0. The SMILES string of the molecule is CCNc1nc(CC)nc(NC(C)c2ccco2)c1C. The van der Waals surface area contributed by atoms with E-state index in [9.17, 15) is 0 Å². The first-order chi connectivity index (χ1) is 9.65. The maximum Gasteiger partial charge on any atom is 0.135 e. The zero-order valence-electron chi connectivity index (χ0n) is 12.5. The molecule has 0 saturated heterocycles. The van der Waals surface area contributed by atoms with Crippen LogP contribution in [0.4, 0.5) is 11.6 Å². The van der Waals surface area contributed by atoms with Crippen LogP contribution in [-0.2, 0) is 6.42 Å². The molecule has 108 valence electrons. The van der Waals surface area contributed by atoms with Gasteiger partial charge in [0, 0.05) is 18.5 Å². The lowest BCUT2D eigenvalue weighted by Crippen LogP contribution is -2.13. The molecule has 2 aromatic rings. The third kappa shape index (κ3) is 3.10. The van der Waals surface area contributed by atoms with Crippen LogP contribution in [0.3, 0.4) is 0 Å². The Morgan fingerprint density at radius 3 is 2.60 bits per heavy atom. The van der Waals surface area contributed by atoms with Gasteiger partial charge in [0.15, 0.2) is 0 Å². The van der Waals surface area contributed by atoms with Crippen molar-refractivity contribution in [3.63, 3.8) is 0 Å². The Labute approximate surface area is 119 Å². The van der Waals surface area contributed by atoms with Gasteiger partial charge in [-0.05, 0) is 32.9 Å². The van der Waals surface area contributed by atoms with E-state index in [2.05, 4.69) is 41.4 Å². The second-order valence-electron chi connectivity index (χ2n) is 4.73. The highest BCUT2D eigenvalue weighted by atomic mass is 16.3. The summed E-state index contributed by atoms with van der Waals surface area (Å²) < 4.78 is 5.42. The molecule has 2 rings (SSSR count). The topological polar surface area (TPSA) is 63.0 Å². The van der Waals surface area contributed by atoms with Crippen LogP contribution in [0, 0.1) is 6.92 Å². The van der Waals surface area contributed by atoms with E-state index in [1.165, 1.54) is 0 Å². The fraction of sp³-hybridized carbons (Fsp3) is 0.467. The van der Waals surface area contributed by atoms with Gasteiger partial charge in [-0.3, -0.25) is 0 Å². The molecular formula is C15H22N4O. The summed E-state index contributed by atoms with van der Waals surface area (Å²) in [6.07, 6.45) is 2.49. The normalized spacial score (nSPS) is 12.2. The molecule has 0 aliphatic carbocycles. The monoisotopic (exact) mass is 274 g/mol. The molecule has 0 aromatic carbocycles. The van der Waals surface area contributed by atoms with Crippen molar-refractivity contribution in [2.45, 2.75) is 40.2 Å². The van der Waals surface area contributed by atoms with Crippen molar-refractivity contribution in [1.82, 2.24) is 9.97 Å². The lowest BCUT2D eigenvalue weighted by Gasteiger charge is -2.17. The first-order valence-corrected chi connectivity index (χ1v) is 7.07. The fourth-order valence-electron chi connectivity index (χ4n) is 2.02. The van der Waals surface area contributed by atoms with E-state index in [1.807, 2.05) is 19.1 Å². The van der Waals surface area contributed by atoms with Crippen molar-refractivity contribution in [3.8, 4) is 0 Å². The van der Waals surface area contributed by atoms with Gasteiger partial charge < -0.3 is 15.1 Å². The average Bonchev–Trinajstić information content (AvgIpc) is 2.97. The molecule has 20 heavy (non-hydrogen) atoms. The summed E-state index contributed by atoms with van der Waals surface area (Å²) in [5.74, 6) is 3.48. The van der Waals surface area contributed by atoms with Crippen LogP contribution in [0.1, 0.15) is 44.0 Å². The van der Waals surface area contributed by atoms with Gasteiger partial charge in [0.25, 0.3) is 0 Å². The number of nitrogens with zero attached hydrogens (tertiary/aromatic N) is 2. The van der Waals surface area contributed by atoms with Crippen LogP contribution >= 0.6 is 0 Å². The maximum absolute atomic E-state index is 5.42. The minimum Gasteiger partial charge on any atom is -0.467 e. The number of aryl methyl sites for hydroxylation is 1. The second kappa shape index (κ2) is 6.41. The largest absolute Gasteiger partial charge is 0.467 e. The van der Waals surface area contributed by atoms with E-state index in [4.69, 9.17) is 4.42 Å². The van der Waals surface area contributed by atoms with Crippen molar-refractivity contribution >= 4 is 11.6 Å². The Hall–Kier alpha value is -2.04. The summed E-state index contributed by atoms with van der Waals surface area (Å²) in [4.78, 5) is 9.11. The zero-order chi connectivity index (χ0) is 14.5. The number of nitrogens with one attached hydrogen (secondary N) is 2.